The molecule has 0 amide bonds. The van der Waals surface area contributed by atoms with E-state index in [-0.39, 0.29) is 0 Å². The molecule has 1 aliphatic heterocycles. The van der Waals surface area contributed by atoms with Crippen LogP contribution in [0.25, 0.3) is 0 Å². The van der Waals surface area contributed by atoms with Crippen LogP contribution >= 0.6 is 0 Å². The summed E-state index contributed by atoms with van der Waals surface area (Å²) >= 11 is 0. The van der Waals surface area contributed by atoms with Gasteiger partial charge in [0, 0.05) is 39.3 Å². The summed E-state index contributed by atoms with van der Waals surface area (Å²) in [6, 6.07) is 8.35. The van der Waals surface area contributed by atoms with Gasteiger partial charge < -0.3 is 25.2 Å². The number of hydrogen-bond acceptors (Lipinski definition) is 4. The first-order valence-electron chi connectivity index (χ1n) is 10.7. The first-order chi connectivity index (χ1) is 13.6. The van der Waals surface area contributed by atoms with E-state index in [2.05, 4.69) is 53.5 Å². The van der Waals surface area contributed by atoms with E-state index < -0.39 is 0 Å². The third kappa shape index (κ3) is 8.07. The fourth-order valence-corrected chi connectivity index (χ4v) is 3.47. The lowest BCUT2D eigenvalue weighted by molar-refractivity contribution is 0.280. The maximum absolute atomic E-state index is 5.24. The van der Waals surface area contributed by atoms with E-state index in [4.69, 9.17) is 9.73 Å². The summed E-state index contributed by atoms with van der Waals surface area (Å²) in [5.41, 5.74) is 1.33. The summed E-state index contributed by atoms with van der Waals surface area (Å²) in [5.74, 6) is 2.31. The Hall–Kier alpha value is -1.79. The molecule has 1 heterocycles. The molecule has 0 aromatic heterocycles. The monoisotopic (exact) mass is 389 g/mol. The van der Waals surface area contributed by atoms with Crippen molar-refractivity contribution in [3.8, 4) is 5.75 Å². The summed E-state index contributed by atoms with van der Waals surface area (Å²) in [5, 5.41) is 6.86. The van der Waals surface area contributed by atoms with Crippen LogP contribution in [-0.4, -0.2) is 82.3 Å². The molecule has 0 spiro atoms. The van der Waals surface area contributed by atoms with Gasteiger partial charge in [0.25, 0.3) is 0 Å². The molecule has 6 heteroatoms. The van der Waals surface area contributed by atoms with Gasteiger partial charge in [0.05, 0.1) is 7.11 Å². The molecule has 158 valence electrons. The van der Waals surface area contributed by atoms with Gasteiger partial charge in [0.1, 0.15) is 5.75 Å². The molecule has 2 rings (SSSR count). The fourth-order valence-electron chi connectivity index (χ4n) is 3.47. The number of aliphatic imine (C=N–C) groups is 1. The van der Waals surface area contributed by atoms with Crippen molar-refractivity contribution >= 4 is 5.96 Å². The van der Waals surface area contributed by atoms with Gasteiger partial charge in [-0.15, -0.1) is 0 Å². The van der Waals surface area contributed by atoms with E-state index in [1.165, 1.54) is 25.1 Å². The minimum absolute atomic E-state index is 0.478. The average molecular weight is 390 g/mol. The molecule has 1 unspecified atom stereocenters. The van der Waals surface area contributed by atoms with Gasteiger partial charge in [-0.05, 0) is 63.5 Å². The quantitative estimate of drug-likeness (QED) is 0.502. The first kappa shape index (κ1) is 22.5. The highest BCUT2D eigenvalue weighted by atomic mass is 16.5. The van der Waals surface area contributed by atoms with Crippen LogP contribution in [0.1, 0.15) is 38.2 Å². The van der Waals surface area contributed by atoms with E-state index in [9.17, 15) is 0 Å². The highest BCUT2D eigenvalue weighted by molar-refractivity contribution is 5.79. The summed E-state index contributed by atoms with van der Waals surface area (Å²) in [6.45, 7) is 12.8. The van der Waals surface area contributed by atoms with Crippen LogP contribution in [0.15, 0.2) is 29.3 Å². The second kappa shape index (κ2) is 12.6. The van der Waals surface area contributed by atoms with E-state index in [0.717, 1.165) is 57.4 Å². The normalized spacial score (nSPS) is 17.8. The van der Waals surface area contributed by atoms with Crippen LogP contribution in [0.4, 0.5) is 0 Å². The van der Waals surface area contributed by atoms with Crippen molar-refractivity contribution in [3.05, 3.63) is 29.8 Å². The second-order valence-corrected chi connectivity index (χ2v) is 7.65. The molecule has 1 saturated heterocycles. The summed E-state index contributed by atoms with van der Waals surface area (Å²) in [4.78, 5) is 9.74. The molecule has 28 heavy (non-hydrogen) atoms. The Balaban J connectivity index is 1.74. The van der Waals surface area contributed by atoms with Crippen molar-refractivity contribution in [2.24, 2.45) is 4.99 Å². The predicted molar refractivity (Wildman–Crippen MR) is 119 cm³/mol. The molecular weight excluding hydrogens is 350 g/mol. The van der Waals surface area contributed by atoms with E-state index in [0.29, 0.717) is 5.92 Å². The lowest BCUT2D eigenvalue weighted by Crippen LogP contribution is -2.42. The molecule has 2 N–H and O–H groups in total. The number of methoxy groups -OCH3 is 1. The van der Waals surface area contributed by atoms with Crippen molar-refractivity contribution in [1.29, 1.82) is 0 Å². The number of likely N-dealkylation sites (N-methyl/N-ethyl adjacent to an activating group) is 1. The summed E-state index contributed by atoms with van der Waals surface area (Å²) in [6.07, 6.45) is 2.29. The zero-order chi connectivity index (χ0) is 20.2. The van der Waals surface area contributed by atoms with Gasteiger partial charge in [-0.25, -0.2) is 0 Å². The molecular formula is C22H39N5O. The number of rotatable bonds is 9. The highest BCUT2D eigenvalue weighted by Gasteiger charge is 2.11. The Morgan fingerprint density at radius 1 is 1.14 bits per heavy atom. The zero-order valence-electron chi connectivity index (χ0n) is 18.2. The SMILES string of the molecule is CCNC(=NCCC(C)c1ccc(OC)cc1)NCCN1CCCN(C)CC1. The minimum Gasteiger partial charge on any atom is -0.497 e. The van der Waals surface area contributed by atoms with Crippen LogP contribution in [-0.2, 0) is 0 Å². The van der Waals surface area contributed by atoms with Gasteiger partial charge >= 0.3 is 0 Å². The van der Waals surface area contributed by atoms with Crippen molar-refractivity contribution in [3.63, 3.8) is 0 Å². The molecule has 1 aliphatic rings. The number of ether oxygens (including phenoxy) is 1. The first-order valence-corrected chi connectivity index (χ1v) is 10.7. The average Bonchev–Trinajstić information content (AvgIpc) is 2.92. The molecule has 1 fully saturated rings. The molecule has 0 radical (unpaired) electrons. The third-order valence-corrected chi connectivity index (χ3v) is 5.39. The van der Waals surface area contributed by atoms with Crippen LogP contribution in [0, 0.1) is 0 Å². The van der Waals surface area contributed by atoms with Crippen molar-refractivity contribution < 1.29 is 4.74 Å². The van der Waals surface area contributed by atoms with Crippen molar-refractivity contribution in [2.45, 2.75) is 32.6 Å². The standard InChI is InChI=1S/C22H39N5O/c1-5-23-22(25-13-16-27-15-6-14-26(3)17-18-27)24-12-11-19(2)20-7-9-21(28-4)10-8-20/h7-10,19H,5-6,11-18H2,1-4H3,(H2,23,24,25). The number of guanidine groups is 1. The maximum Gasteiger partial charge on any atom is 0.191 e. The topological polar surface area (TPSA) is 52.1 Å². The predicted octanol–water partition coefficient (Wildman–Crippen LogP) is 2.38. The van der Waals surface area contributed by atoms with Crippen molar-refractivity contribution in [1.82, 2.24) is 20.4 Å². The summed E-state index contributed by atoms with van der Waals surface area (Å²) in [7, 11) is 3.91. The highest BCUT2D eigenvalue weighted by Crippen LogP contribution is 2.21. The number of benzene rings is 1. The van der Waals surface area contributed by atoms with Crippen LogP contribution < -0.4 is 15.4 Å². The molecule has 1 aromatic carbocycles. The molecule has 1 aromatic rings. The third-order valence-electron chi connectivity index (χ3n) is 5.39. The van der Waals surface area contributed by atoms with Gasteiger partial charge in [0.2, 0.25) is 0 Å². The van der Waals surface area contributed by atoms with Crippen molar-refractivity contribution in [2.75, 3.05) is 66.5 Å². The molecule has 0 aliphatic carbocycles. The molecule has 1 atom stereocenters. The zero-order valence-corrected chi connectivity index (χ0v) is 18.2. The smallest absolute Gasteiger partial charge is 0.191 e. The van der Waals surface area contributed by atoms with Gasteiger partial charge in [-0.3, -0.25) is 4.99 Å². The van der Waals surface area contributed by atoms with Gasteiger partial charge in [0.15, 0.2) is 5.96 Å². The lowest BCUT2D eigenvalue weighted by Gasteiger charge is -2.21. The van der Waals surface area contributed by atoms with Crippen LogP contribution in [0.5, 0.6) is 5.75 Å². The molecule has 0 saturated carbocycles. The Morgan fingerprint density at radius 2 is 1.93 bits per heavy atom. The van der Waals surface area contributed by atoms with E-state index in [1.807, 2.05) is 12.1 Å². The Morgan fingerprint density at radius 3 is 2.64 bits per heavy atom. The second-order valence-electron chi connectivity index (χ2n) is 7.65. The van der Waals surface area contributed by atoms with E-state index in [1.54, 1.807) is 7.11 Å². The van der Waals surface area contributed by atoms with Crippen LogP contribution in [0.2, 0.25) is 0 Å². The molecule has 6 nitrogen and oxygen atoms in total. The van der Waals surface area contributed by atoms with Gasteiger partial charge in [-0.2, -0.15) is 0 Å². The Bertz CT molecular complexity index is 575. The lowest BCUT2D eigenvalue weighted by atomic mass is 9.98. The van der Waals surface area contributed by atoms with E-state index >= 15 is 0 Å². The molecule has 0 bridgehead atoms. The Labute approximate surface area is 171 Å². The number of nitrogens with one attached hydrogen (secondary N) is 2. The Kier molecular flexibility index (Phi) is 10.1. The number of nitrogens with zero attached hydrogens (tertiary/aromatic N) is 3. The summed E-state index contributed by atoms with van der Waals surface area (Å²) < 4.78 is 5.24. The minimum atomic E-state index is 0.478. The van der Waals surface area contributed by atoms with Gasteiger partial charge in [-0.1, -0.05) is 19.1 Å². The van der Waals surface area contributed by atoms with Crippen LogP contribution in [0.3, 0.4) is 0 Å². The largest absolute Gasteiger partial charge is 0.497 e. The number of hydrogen-bond donors (Lipinski definition) is 2. The fraction of sp³-hybridized carbons (Fsp3) is 0.682. The maximum atomic E-state index is 5.24.